The molecule has 0 N–H and O–H groups in total. The van der Waals surface area contributed by atoms with Crippen molar-refractivity contribution in [2.45, 2.75) is 96.8 Å². The zero-order valence-electron chi connectivity index (χ0n) is 25.3. The second-order valence-electron chi connectivity index (χ2n) is 11.4. The molecule has 17 heteroatoms. The van der Waals surface area contributed by atoms with E-state index < -0.39 is 71.6 Å². The molecule has 2 atom stereocenters. The van der Waals surface area contributed by atoms with Crippen molar-refractivity contribution < 1.29 is 49.0 Å². The fourth-order valence-corrected chi connectivity index (χ4v) is 5.23. The molecular formula is C29H31F9N6O2. The quantitative estimate of drug-likeness (QED) is 0.235. The number of anilines is 2. The average molecular weight is 667 g/mol. The van der Waals surface area contributed by atoms with Crippen LogP contribution < -0.4 is 9.80 Å². The summed E-state index contributed by atoms with van der Waals surface area (Å²) in [6.07, 6.45) is -16.3. The molecule has 1 aliphatic rings. The lowest BCUT2D eigenvalue weighted by Crippen LogP contribution is -2.48. The predicted molar refractivity (Wildman–Crippen MR) is 148 cm³/mol. The van der Waals surface area contributed by atoms with Crippen LogP contribution in [0.2, 0.25) is 0 Å². The third kappa shape index (κ3) is 7.49. The van der Waals surface area contributed by atoms with Gasteiger partial charge in [0.1, 0.15) is 0 Å². The van der Waals surface area contributed by atoms with Crippen LogP contribution in [0, 0.1) is 0 Å². The molecule has 0 aliphatic carbocycles. The number of tetrazole rings is 1. The minimum Gasteiger partial charge on any atom is -0.446 e. The van der Waals surface area contributed by atoms with Crippen LogP contribution in [0.4, 0.5) is 55.9 Å². The first-order valence-corrected chi connectivity index (χ1v) is 14.3. The Balaban J connectivity index is 1.96. The maximum absolute atomic E-state index is 14.0. The molecule has 8 nitrogen and oxygen atoms in total. The monoisotopic (exact) mass is 666 g/mol. The van der Waals surface area contributed by atoms with Gasteiger partial charge in [0.25, 0.3) is 5.95 Å². The first kappa shape index (κ1) is 34.8. The number of fused-ring (bicyclic) bond motifs is 1. The first-order valence-electron chi connectivity index (χ1n) is 14.3. The van der Waals surface area contributed by atoms with Gasteiger partial charge in [0, 0.05) is 12.6 Å². The normalized spacial score (nSPS) is 17.4. The lowest BCUT2D eigenvalue weighted by Gasteiger charge is -2.44. The Hall–Kier alpha value is -4.05. The summed E-state index contributed by atoms with van der Waals surface area (Å²) in [7, 11) is 0. The summed E-state index contributed by atoms with van der Waals surface area (Å²) in [5, 5.41) is 12.2. The lowest BCUT2D eigenvalue weighted by molar-refractivity contribution is -0.143. The summed E-state index contributed by atoms with van der Waals surface area (Å²) >= 11 is 0. The van der Waals surface area contributed by atoms with Gasteiger partial charge in [-0.1, -0.05) is 12.0 Å². The first-order chi connectivity index (χ1) is 21.2. The van der Waals surface area contributed by atoms with Crippen molar-refractivity contribution in [2.75, 3.05) is 9.80 Å². The second-order valence-corrected chi connectivity index (χ2v) is 11.4. The van der Waals surface area contributed by atoms with Gasteiger partial charge in [-0.05, 0) is 93.3 Å². The highest BCUT2D eigenvalue weighted by Crippen LogP contribution is 2.46. The van der Waals surface area contributed by atoms with E-state index in [0.29, 0.717) is 12.1 Å². The summed E-state index contributed by atoms with van der Waals surface area (Å²) in [5.74, 6) is -0.249. The van der Waals surface area contributed by atoms with E-state index in [1.165, 1.54) is 9.80 Å². The van der Waals surface area contributed by atoms with Gasteiger partial charge in [0.2, 0.25) is 0 Å². The van der Waals surface area contributed by atoms with Gasteiger partial charge in [-0.25, -0.2) is 4.79 Å². The Morgan fingerprint density at radius 2 is 1.50 bits per heavy atom. The minimum atomic E-state index is -5.14. The number of ether oxygens (including phenoxy) is 1. The van der Waals surface area contributed by atoms with Crippen molar-refractivity contribution in [2.24, 2.45) is 0 Å². The molecule has 4 rings (SSSR count). The highest BCUT2D eigenvalue weighted by molar-refractivity contribution is 5.90. The van der Waals surface area contributed by atoms with Gasteiger partial charge in [0.15, 0.2) is 0 Å². The van der Waals surface area contributed by atoms with E-state index in [4.69, 9.17) is 4.74 Å². The molecule has 0 fully saturated rings. The van der Waals surface area contributed by atoms with Crippen LogP contribution in [0.5, 0.6) is 0 Å². The summed E-state index contributed by atoms with van der Waals surface area (Å²) in [6, 6.07) is 1.51. The van der Waals surface area contributed by atoms with E-state index in [0.717, 1.165) is 23.0 Å². The number of alkyl halides is 9. The number of rotatable bonds is 7. The molecule has 252 valence electrons. The van der Waals surface area contributed by atoms with Gasteiger partial charge in [0.05, 0.1) is 40.6 Å². The molecule has 0 radical (unpaired) electrons. The Bertz CT molecular complexity index is 1520. The molecule has 0 saturated carbocycles. The molecule has 0 spiro atoms. The van der Waals surface area contributed by atoms with E-state index in [-0.39, 0.29) is 42.1 Å². The standard InChI is InChI=1S/C29H31F9N6O2/c1-6-21-13-24(22-12-18(27(30,31)32)7-8-23(22)43(21)26(45)46-16(4)5)42(25-39-41-44(40-25)15(2)3)14-17-9-19(28(33,34)35)11-20(10-17)29(36,37)38/h7-12,15-16,21,24H,6,13-14H2,1-5H3/t21?,24-/m0/s1. The third-order valence-electron chi connectivity index (χ3n) is 7.35. The van der Waals surface area contributed by atoms with Gasteiger partial charge in [-0.15, -0.1) is 5.10 Å². The fraction of sp³-hybridized carbons (Fsp3) is 0.517. The summed E-state index contributed by atoms with van der Waals surface area (Å²) in [5.41, 5.74) is -4.71. The lowest BCUT2D eigenvalue weighted by atomic mass is 9.87. The fourth-order valence-electron chi connectivity index (χ4n) is 5.23. The minimum absolute atomic E-state index is 0.0159. The number of amides is 1. The Morgan fingerprint density at radius 1 is 0.913 bits per heavy atom. The Kier molecular flexibility index (Phi) is 9.56. The molecule has 0 saturated heterocycles. The molecule has 0 bridgehead atoms. The number of aromatic nitrogens is 4. The zero-order chi connectivity index (χ0) is 34.4. The number of hydrogen-bond acceptors (Lipinski definition) is 6. The molecule has 2 aromatic carbocycles. The maximum atomic E-state index is 14.0. The second kappa shape index (κ2) is 12.6. The van der Waals surface area contributed by atoms with E-state index in [2.05, 4.69) is 15.4 Å². The predicted octanol–water partition coefficient (Wildman–Crippen LogP) is 8.59. The highest BCUT2D eigenvalue weighted by atomic mass is 19.4. The van der Waals surface area contributed by atoms with E-state index >= 15 is 0 Å². The molecule has 3 aromatic rings. The SMILES string of the molecule is CCC1C[C@H](N(Cc2cc(C(F)(F)F)cc(C(F)(F)F)c2)c2nnn(C(C)C)n2)c2cc(C(F)(F)F)ccc2N1C(=O)OC(C)C. The molecule has 1 aromatic heterocycles. The van der Waals surface area contributed by atoms with E-state index in [1.54, 1.807) is 34.6 Å². The van der Waals surface area contributed by atoms with Crippen LogP contribution in [-0.4, -0.2) is 38.4 Å². The zero-order valence-corrected chi connectivity index (χ0v) is 25.3. The van der Waals surface area contributed by atoms with Crippen LogP contribution >= 0.6 is 0 Å². The maximum Gasteiger partial charge on any atom is 0.416 e. The molecule has 46 heavy (non-hydrogen) atoms. The average Bonchev–Trinajstić information content (AvgIpc) is 3.43. The van der Waals surface area contributed by atoms with Crippen molar-refractivity contribution in [3.63, 3.8) is 0 Å². The third-order valence-corrected chi connectivity index (χ3v) is 7.35. The molecule has 1 aliphatic heterocycles. The number of hydrogen-bond donors (Lipinski definition) is 0. The number of halogens is 9. The Labute approximate surface area is 258 Å². The van der Waals surface area contributed by atoms with Gasteiger partial charge in [-0.2, -0.15) is 44.3 Å². The number of carbonyl (C=O) groups excluding carboxylic acids is 1. The Morgan fingerprint density at radius 3 is 1.98 bits per heavy atom. The summed E-state index contributed by atoms with van der Waals surface area (Å²) in [6.45, 7) is 7.60. The van der Waals surface area contributed by atoms with Gasteiger partial charge < -0.3 is 9.64 Å². The topological polar surface area (TPSA) is 76.4 Å². The van der Waals surface area contributed by atoms with Crippen LogP contribution in [-0.2, 0) is 29.8 Å². The summed E-state index contributed by atoms with van der Waals surface area (Å²) in [4.78, 5) is 16.8. The molecule has 1 unspecified atom stereocenters. The van der Waals surface area contributed by atoms with Crippen molar-refractivity contribution in [3.05, 3.63) is 64.2 Å². The van der Waals surface area contributed by atoms with Crippen molar-refractivity contribution in [1.29, 1.82) is 0 Å². The van der Waals surface area contributed by atoms with Gasteiger partial charge in [-0.3, -0.25) is 4.90 Å². The summed E-state index contributed by atoms with van der Waals surface area (Å²) < 4.78 is 130. The van der Waals surface area contributed by atoms with Crippen LogP contribution in [0.3, 0.4) is 0 Å². The largest absolute Gasteiger partial charge is 0.446 e. The van der Waals surface area contributed by atoms with E-state index in [1.807, 2.05) is 0 Å². The van der Waals surface area contributed by atoms with Gasteiger partial charge >= 0.3 is 24.6 Å². The number of benzene rings is 2. The number of nitrogens with zero attached hydrogens (tertiary/aromatic N) is 6. The van der Waals surface area contributed by atoms with Crippen LogP contribution in [0.1, 0.15) is 87.4 Å². The molecule has 1 amide bonds. The van der Waals surface area contributed by atoms with Crippen molar-refractivity contribution in [1.82, 2.24) is 20.2 Å². The molecular weight excluding hydrogens is 635 g/mol. The smallest absolute Gasteiger partial charge is 0.416 e. The highest BCUT2D eigenvalue weighted by Gasteiger charge is 2.43. The molecule has 2 heterocycles. The van der Waals surface area contributed by atoms with Crippen LogP contribution in [0.15, 0.2) is 36.4 Å². The van der Waals surface area contributed by atoms with Crippen molar-refractivity contribution >= 4 is 17.7 Å². The van der Waals surface area contributed by atoms with Crippen LogP contribution in [0.25, 0.3) is 0 Å². The number of carbonyl (C=O) groups is 1. The van der Waals surface area contributed by atoms with E-state index in [9.17, 15) is 44.3 Å². The van der Waals surface area contributed by atoms with Crippen molar-refractivity contribution in [3.8, 4) is 0 Å².